The van der Waals surface area contributed by atoms with E-state index in [0.29, 0.717) is 12.8 Å². The normalized spacial score (nSPS) is 23.5. The third kappa shape index (κ3) is 6.97. The molecule has 1 saturated carbocycles. The van der Waals surface area contributed by atoms with Crippen molar-refractivity contribution in [2.45, 2.75) is 50.9 Å². The van der Waals surface area contributed by atoms with E-state index >= 15 is 0 Å². The second-order valence-electron chi connectivity index (χ2n) is 11.3. The minimum absolute atomic E-state index is 0.0336. The van der Waals surface area contributed by atoms with Crippen molar-refractivity contribution < 1.29 is 28.7 Å². The van der Waals surface area contributed by atoms with Crippen molar-refractivity contribution in [3.63, 3.8) is 0 Å². The molecule has 0 spiro atoms. The van der Waals surface area contributed by atoms with Crippen LogP contribution in [0.4, 0.5) is 0 Å². The molecule has 2 aliphatic rings. The van der Waals surface area contributed by atoms with Crippen LogP contribution in [0.15, 0.2) is 87.8 Å². The fourth-order valence-corrected chi connectivity index (χ4v) is 7.05. The molecule has 8 heteroatoms. The number of rotatable bonds is 8. The van der Waals surface area contributed by atoms with E-state index in [-0.39, 0.29) is 43.0 Å². The number of carbonyl (C=O) groups is 4. The predicted octanol–water partition coefficient (Wildman–Crippen LogP) is 7.94. The van der Waals surface area contributed by atoms with E-state index in [9.17, 15) is 19.2 Å². The zero-order chi connectivity index (χ0) is 31.4. The SMILES string of the molecule is CCOC(=O)C1C(=O)C=C(c2ccc(Br)cc2)CC1c1ccc(C2CC(c3ccc(Br)cc3)CC(=O)C2C(=O)OCC)cc1. The largest absolute Gasteiger partial charge is 0.465 e. The summed E-state index contributed by atoms with van der Waals surface area (Å²) < 4.78 is 12.6. The van der Waals surface area contributed by atoms with E-state index in [1.807, 2.05) is 72.8 Å². The summed E-state index contributed by atoms with van der Waals surface area (Å²) in [5, 5.41) is 0. The molecule has 228 valence electrons. The highest BCUT2D eigenvalue weighted by atomic mass is 79.9. The number of esters is 2. The number of hydrogen-bond acceptors (Lipinski definition) is 6. The van der Waals surface area contributed by atoms with Gasteiger partial charge in [-0.15, -0.1) is 0 Å². The minimum atomic E-state index is -0.953. The van der Waals surface area contributed by atoms with Crippen LogP contribution in [0.3, 0.4) is 0 Å². The number of Topliss-reactive ketones (excluding diaryl/α,β-unsaturated/α-hetero) is 1. The van der Waals surface area contributed by atoms with Gasteiger partial charge < -0.3 is 9.47 Å². The fourth-order valence-electron chi connectivity index (χ4n) is 6.52. The number of halogens is 2. The van der Waals surface area contributed by atoms with E-state index in [1.165, 1.54) is 0 Å². The number of ketones is 2. The van der Waals surface area contributed by atoms with Crippen molar-refractivity contribution in [2.75, 3.05) is 13.2 Å². The lowest BCUT2D eigenvalue weighted by atomic mass is 9.68. The van der Waals surface area contributed by atoms with Gasteiger partial charge in [0, 0.05) is 27.2 Å². The minimum Gasteiger partial charge on any atom is -0.465 e. The molecule has 0 aliphatic heterocycles. The summed E-state index contributed by atoms with van der Waals surface area (Å²) in [6.07, 6.45) is 2.93. The van der Waals surface area contributed by atoms with Gasteiger partial charge in [-0.05, 0) is 90.8 Å². The van der Waals surface area contributed by atoms with Gasteiger partial charge in [-0.2, -0.15) is 0 Å². The summed E-state index contributed by atoms with van der Waals surface area (Å²) in [7, 11) is 0. The van der Waals surface area contributed by atoms with Gasteiger partial charge in [0.25, 0.3) is 0 Å². The van der Waals surface area contributed by atoms with Gasteiger partial charge in [0.05, 0.1) is 13.2 Å². The Bertz CT molecular complexity index is 1560. The monoisotopic (exact) mass is 720 g/mol. The van der Waals surface area contributed by atoms with Gasteiger partial charge in [0.1, 0.15) is 17.6 Å². The number of allylic oxidation sites excluding steroid dienone is 2. The molecule has 44 heavy (non-hydrogen) atoms. The van der Waals surface area contributed by atoms with E-state index in [2.05, 4.69) is 31.9 Å². The molecule has 3 aromatic rings. The van der Waals surface area contributed by atoms with E-state index in [0.717, 1.165) is 36.8 Å². The Morgan fingerprint density at radius 2 is 1.18 bits per heavy atom. The van der Waals surface area contributed by atoms with Crippen LogP contribution >= 0.6 is 31.9 Å². The first kappa shape index (κ1) is 32.0. The van der Waals surface area contributed by atoms with Gasteiger partial charge >= 0.3 is 11.9 Å². The summed E-state index contributed by atoms with van der Waals surface area (Å²) in [6, 6.07) is 23.4. The van der Waals surface area contributed by atoms with Gasteiger partial charge in [-0.25, -0.2) is 0 Å². The number of ether oxygens (including phenoxy) is 2. The molecule has 1 fully saturated rings. The summed E-state index contributed by atoms with van der Waals surface area (Å²) >= 11 is 6.94. The molecule has 5 atom stereocenters. The third-order valence-electron chi connectivity index (χ3n) is 8.63. The Morgan fingerprint density at radius 1 is 0.682 bits per heavy atom. The Kier molecular flexibility index (Phi) is 10.3. The standard InChI is InChI=1S/C36H34Br2O6/c1-3-43-35(41)33-29(17-25(19-31(33)39)21-9-13-27(37)14-10-21)23-5-7-24(8-6-23)30-18-26(22-11-15-28(38)16-12-22)20-32(40)34(30)36(42)44-4-2/h5-16,19,26,29-30,33-34H,3-4,17-18,20H2,1-2H3. The quantitative estimate of drug-likeness (QED) is 0.174. The number of benzene rings is 3. The van der Waals surface area contributed by atoms with Crippen LogP contribution in [-0.2, 0) is 28.7 Å². The lowest BCUT2D eigenvalue weighted by Crippen LogP contribution is -2.37. The summed E-state index contributed by atoms with van der Waals surface area (Å²) in [6.45, 7) is 3.85. The lowest BCUT2D eigenvalue weighted by molar-refractivity contribution is -0.154. The molecule has 6 nitrogen and oxygen atoms in total. The maximum atomic E-state index is 13.5. The van der Waals surface area contributed by atoms with Gasteiger partial charge in [-0.3, -0.25) is 19.2 Å². The van der Waals surface area contributed by atoms with Crippen LogP contribution in [-0.4, -0.2) is 36.7 Å². The first-order chi connectivity index (χ1) is 21.2. The number of carbonyl (C=O) groups excluding carboxylic acids is 4. The van der Waals surface area contributed by atoms with Crippen molar-refractivity contribution in [1.29, 1.82) is 0 Å². The third-order valence-corrected chi connectivity index (χ3v) is 9.69. The smallest absolute Gasteiger partial charge is 0.317 e. The fraction of sp³-hybridized carbons (Fsp3) is 0.333. The van der Waals surface area contributed by atoms with Gasteiger partial charge in [0.15, 0.2) is 5.78 Å². The van der Waals surface area contributed by atoms with E-state index in [1.54, 1.807) is 19.9 Å². The van der Waals surface area contributed by atoms with Crippen LogP contribution < -0.4 is 0 Å². The molecule has 5 unspecified atom stereocenters. The molecule has 5 rings (SSSR count). The molecule has 0 bridgehead atoms. The Hall–Kier alpha value is -3.36. The summed E-state index contributed by atoms with van der Waals surface area (Å²) in [4.78, 5) is 52.9. The second kappa shape index (κ2) is 14.2. The van der Waals surface area contributed by atoms with Crippen LogP contribution in [0.2, 0.25) is 0 Å². The molecule has 3 aromatic carbocycles. The number of hydrogen-bond donors (Lipinski definition) is 0. The Morgan fingerprint density at radius 3 is 1.75 bits per heavy atom. The highest BCUT2D eigenvalue weighted by Gasteiger charge is 2.44. The van der Waals surface area contributed by atoms with Crippen LogP contribution in [0.25, 0.3) is 5.57 Å². The topological polar surface area (TPSA) is 86.7 Å². The van der Waals surface area contributed by atoms with Crippen molar-refractivity contribution in [2.24, 2.45) is 11.8 Å². The van der Waals surface area contributed by atoms with Crippen molar-refractivity contribution >= 4 is 60.9 Å². The second-order valence-corrected chi connectivity index (χ2v) is 13.1. The van der Waals surface area contributed by atoms with Crippen molar-refractivity contribution in [1.82, 2.24) is 0 Å². The Labute approximate surface area is 274 Å². The summed E-state index contributed by atoms with van der Waals surface area (Å²) in [5.74, 6) is -4.10. The maximum absolute atomic E-state index is 13.5. The molecule has 0 N–H and O–H groups in total. The first-order valence-electron chi connectivity index (χ1n) is 14.9. The molecule has 0 amide bonds. The first-order valence-corrected chi connectivity index (χ1v) is 16.5. The zero-order valence-electron chi connectivity index (χ0n) is 24.6. The molecule has 0 saturated heterocycles. The van der Waals surface area contributed by atoms with E-state index < -0.39 is 29.7 Å². The van der Waals surface area contributed by atoms with Gasteiger partial charge in [-0.1, -0.05) is 80.4 Å². The lowest BCUT2D eigenvalue weighted by Gasteiger charge is -2.35. The van der Waals surface area contributed by atoms with Crippen molar-refractivity contribution in [3.05, 3.63) is 110 Å². The Balaban J connectivity index is 1.48. The average molecular weight is 722 g/mol. The van der Waals surface area contributed by atoms with Crippen LogP contribution in [0.1, 0.15) is 73.1 Å². The molecular weight excluding hydrogens is 688 g/mol. The molecule has 0 radical (unpaired) electrons. The average Bonchev–Trinajstić information content (AvgIpc) is 3.01. The van der Waals surface area contributed by atoms with E-state index in [4.69, 9.17) is 9.47 Å². The molecule has 2 aliphatic carbocycles. The molecule has 0 aromatic heterocycles. The highest BCUT2D eigenvalue weighted by molar-refractivity contribution is 9.10. The van der Waals surface area contributed by atoms with Crippen molar-refractivity contribution in [3.8, 4) is 0 Å². The molecule has 0 heterocycles. The maximum Gasteiger partial charge on any atom is 0.317 e. The van der Waals surface area contributed by atoms with Gasteiger partial charge in [0.2, 0.25) is 0 Å². The van der Waals surface area contributed by atoms with Crippen LogP contribution in [0.5, 0.6) is 0 Å². The zero-order valence-corrected chi connectivity index (χ0v) is 27.8. The molecular formula is C36H34Br2O6. The predicted molar refractivity (Wildman–Crippen MR) is 175 cm³/mol. The summed E-state index contributed by atoms with van der Waals surface area (Å²) in [5.41, 5.74) is 4.50. The highest BCUT2D eigenvalue weighted by Crippen LogP contribution is 2.45. The van der Waals surface area contributed by atoms with Crippen LogP contribution in [0, 0.1) is 11.8 Å².